The summed E-state index contributed by atoms with van der Waals surface area (Å²) >= 11 is 0. The molecule has 0 spiro atoms. The van der Waals surface area contributed by atoms with Gasteiger partial charge in [-0.1, -0.05) is 6.07 Å². The van der Waals surface area contributed by atoms with Gasteiger partial charge in [0, 0.05) is 11.5 Å². The molecular weight excluding hydrogens is 258 g/mol. The lowest BCUT2D eigenvalue weighted by molar-refractivity contribution is 0.00578. The summed E-state index contributed by atoms with van der Waals surface area (Å²) in [5.74, 6) is 0.0411. The van der Waals surface area contributed by atoms with Crippen molar-refractivity contribution < 1.29 is 13.7 Å². The normalized spacial score (nSPS) is 23.9. The van der Waals surface area contributed by atoms with Gasteiger partial charge in [0.25, 0.3) is 0 Å². The molecule has 1 aliphatic carbocycles. The second-order valence-electron chi connectivity index (χ2n) is 6.58. The van der Waals surface area contributed by atoms with Gasteiger partial charge in [0.05, 0.1) is 11.2 Å². The molecule has 6 heteroatoms. The Morgan fingerprint density at radius 1 is 1.20 bits per heavy atom. The quantitative estimate of drug-likeness (QED) is 0.679. The zero-order valence-corrected chi connectivity index (χ0v) is 12.4. The van der Waals surface area contributed by atoms with E-state index >= 15 is 0 Å². The van der Waals surface area contributed by atoms with Crippen LogP contribution >= 0.6 is 0 Å². The molecule has 108 valence electrons. The topological polar surface area (TPSA) is 43.4 Å². The van der Waals surface area contributed by atoms with E-state index in [1.54, 1.807) is 12.1 Å². The Hall–Kier alpha value is -1.14. The van der Waals surface area contributed by atoms with Gasteiger partial charge in [0.1, 0.15) is 5.82 Å². The van der Waals surface area contributed by atoms with Crippen LogP contribution in [0.1, 0.15) is 40.5 Å². The Labute approximate surface area is 119 Å². The Kier molecular flexibility index (Phi) is 3.06. The van der Waals surface area contributed by atoms with Crippen molar-refractivity contribution in [2.24, 2.45) is 0 Å². The Morgan fingerprint density at radius 3 is 2.30 bits per heavy atom. The number of aromatic nitrogens is 1. The lowest BCUT2D eigenvalue weighted by Crippen LogP contribution is -2.41. The average Bonchev–Trinajstić information content (AvgIpc) is 3.07. The first kappa shape index (κ1) is 13.8. The fourth-order valence-corrected chi connectivity index (χ4v) is 2.11. The van der Waals surface area contributed by atoms with E-state index in [-0.39, 0.29) is 0 Å². The highest BCUT2D eigenvalue weighted by atomic mass is 19.1. The van der Waals surface area contributed by atoms with Crippen molar-refractivity contribution in [1.82, 2.24) is 4.98 Å². The number of anilines is 1. The molecule has 3 rings (SSSR count). The van der Waals surface area contributed by atoms with E-state index in [4.69, 9.17) is 9.31 Å². The summed E-state index contributed by atoms with van der Waals surface area (Å²) in [6, 6.07) is 3.92. The standard InChI is InChI=1S/C14H20BFN2O2/c1-13(2)14(3,4)20-15(19-13)10-7-8-11(18-12(10)16)17-9-5-6-9/h7-9H,5-6H2,1-4H3,(H,17,18). The summed E-state index contributed by atoms with van der Waals surface area (Å²) in [7, 11) is -0.706. The van der Waals surface area contributed by atoms with Gasteiger partial charge in [0.2, 0.25) is 5.95 Å². The highest BCUT2D eigenvalue weighted by molar-refractivity contribution is 6.62. The summed E-state index contributed by atoms with van der Waals surface area (Å²) in [5, 5.41) is 3.17. The van der Waals surface area contributed by atoms with Crippen molar-refractivity contribution in [3.63, 3.8) is 0 Å². The second-order valence-corrected chi connectivity index (χ2v) is 6.58. The minimum absolute atomic E-state index is 0.352. The monoisotopic (exact) mass is 278 g/mol. The summed E-state index contributed by atoms with van der Waals surface area (Å²) in [6.07, 6.45) is 2.25. The van der Waals surface area contributed by atoms with Crippen molar-refractivity contribution in [2.75, 3.05) is 5.32 Å². The first-order valence-corrected chi connectivity index (χ1v) is 7.07. The third kappa shape index (κ3) is 2.42. The molecule has 2 fully saturated rings. The molecule has 0 bridgehead atoms. The highest BCUT2D eigenvalue weighted by Crippen LogP contribution is 2.36. The van der Waals surface area contributed by atoms with E-state index in [2.05, 4.69) is 10.3 Å². The largest absolute Gasteiger partial charge is 0.499 e. The van der Waals surface area contributed by atoms with Gasteiger partial charge >= 0.3 is 7.12 Å². The van der Waals surface area contributed by atoms with Crippen LogP contribution in [0.5, 0.6) is 0 Å². The second kappa shape index (κ2) is 4.43. The molecule has 20 heavy (non-hydrogen) atoms. The number of rotatable bonds is 3. The molecule has 2 heterocycles. The van der Waals surface area contributed by atoms with Crippen LogP contribution < -0.4 is 10.8 Å². The zero-order valence-electron chi connectivity index (χ0n) is 12.4. The smallest absolute Gasteiger partial charge is 0.399 e. The Morgan fingerprint density at radius 2 is 1.80 bits per heavy atom. The van der Waals surface area contributed by atoms with Gasteiger partial charge in [-0.05, 0) is 46.6 Å². The first-order valence-electron chi connectivity index (χ1n) is 7.07. The van der Waals surface area contributed by atoms with Gasteiger partial charge in [-0.25, -0.2) is 4.98 Å². The summed E-state index contributed by atoms with van der Waals surface area (Å²) in [6.45, 7) is 7.78. The number of hydrogen-bond donors (Lipinski definition) is 1. The maximum atomic E-state index is 14.2. The number of hydrogen-bond acceptors (Lipinski definition) is 4. The lowest BCUT2D eigenvalue weighted by Gasteiger charge is -2.32. The molecule has 0 amide bonds. The van der Waals surface area contributed by atoms with Crippen LogP contribution in [0.25, 0.3) is 0 Å². The van der Waals surface area contributed by atoms with Crippen molar-refractivity contribution >= 4 is 18.4 Å². The van der Waals surface area contributed by atoms with E-state index in [0.717, 1.165) is 12.8 Å². The third-order valence-electron chi connectivity index (χ3n) is 4.31. The van der Waals surface area contributed by atoms with Crippen LogP contribution in [0.4, 0.5) is 10.2 Å². The van der Waals surface area contributed by atoms with E-state index in [9.17, 15) is 4.39 Å². The van der Waals surface area contributed by atoms with E-state index in [1.807, 2.05) is 27.7 Å². The highest BCUT2D eigenvalue weighted by Gasteiger charge is 2.52. The van der Waals surface area contributed by atoms with E-state index < -0.39 is 24.3 Å². The van der Waals surface area contributed by atoms with Gasteiger partial charge < -0.3 is 14.6 Å². The minimum Gasteiger partial charge on any atom is -0.399 e. The number of halogens is 1. The number of nitrogens with zero attached hydrogens (tertiary/aromatic N) is 1. The van der Waals surface area contributed by atoms with Crippen LogP contribution in [0, 0.1) is 5.95 Å². The van der Waals surface area contributed by atoms with Crippen LogP contribution in [-0.4, -0.2) is 29.3 Å². The molecular formula is C14H20BFN2O2. The molecule has 1 saturated heterocycles. The summed E-state index contributed by atoms with van der Waals surface area (Å²) < 4.78 is 25.8. The van der Waals surface area contributed by atoms with Gasteiger partial charge in [0.15, 0.2) is 0 Å². The van der Waals surface area contributed by atoms with Crippen molar-refractivity contribution in [3.8, 4) is 0 Å². The summed E-state index contributed by atoms with van der Waals surface area (Å²) in [5.41, 5.74) is -0.602. The Balaban J connectivity index is 1.80. The van der Waals surface area contributed by atoms with E-state index in [0.29, 0.717) is 17.3 Å². The number of pyridine rings is 1. The maximum Gasteiger partial charge on any atom is 0.499 e. The SMILES string of the molecule is CC1(C)OB(c2ccc(NC3CC3)nc2F)OC1(C)C. The lowest BCUT2D eigenvalue weighted by atomic mass is 9.80. The van der Waals surface area contributed by atoms with E-state index in [1.165, 1.54) is 0 Å². The third-order valence-corrected chi connectivity index (χ3v) is 4.31. The zero-order chi connectivity index (χ0) is 14.5. The fourth-order valence-electron chi connectivity index (χ4n) is 2.11. The Bertz CT molecular complexity index is 516. The molecule has 4 nitrogen and oxygen atoms in total. The number of nitrogens with one attached hydrogen (secondary N) is 1. The summed E-state index contributed by atoms with van der Waals surface area (Å²) in [4.78, 5) is 3.96. The average molecular weight is 278 g/mol. The molecule has 1 aromatic heterocycles. The van der Waals surface area contributed by atoms with Gasteiger partial charge in [-0.3, -0.25) is 0 Å². The molecule has 1 saturated carbocycles. The van der Waals surface area contributed by atoms with Crippen LogP contribution in [0.3, 0.4) is 0 Å². The van der Waals surface area contributed by atoms with Crippen LogP contribution in [-0.2, 0) is 9.31 Å². The van der Waals surface area contributed by atoms with Gasteiger partial charge in [-0.2, -0.15) is 4.39 Å². The predicted octanol–water partition coefficient (Wildman–Crippen LogP) is 2.09. The minimum atomic E-state index is -0.706. The fraction of sp³-hybridized carbons (Fsp3) is 0.643. The van der Waals surface area contributed by atoms with Crippen molar-refractivity contribution in [3.05, 3.63) is 18.1 Å². The molecule has 1 aliphatic heterocycles. The van der Waals surface area contributed by atoms with Crippen LogP contribution in [0.2, 0.25) is 0 Å². The van der Waals surface area contributed by atoms with Crippen molar-refractivity contribution in [1.29, 1.82) is 0 Å². The van der Waals surface area contributed by atoms with Crippen molar-refractivity contribution in [2.45, 2.75) is 57.8 Å². The molecule has 0 unspecified atom stereocenters. The molecule has 0 atom stereocenters. The molecule has 1 aromatic rings. The predicted molar refractivity (Wildman–Crippen MR) is 76.6 cm³/mol. The molecule has 0 aromatic carbocycles. The molecule has 1 N–H and O–H groups in total. The maximum absolute atomic E-state index is 14.2. The van der Waals surface area contributed by atoms with Gasteiger partial charge in [-0.15, -0.1) is 0 Å². The van der Waals surface area contributed by atoms with Crippen LogP contribution in [0.15, 0.2) is 12.1 Å². The first-order chi connectivity index (χ1) is 9.28. The molecule has 2 aliphatic rings. The molecule has 0 radical (unpaired) electrons.